The lowest BCUT2D eigenvalue weighted by molar-refractivity contribution is -0.151. The van der Waals surface area contributed by atoms with Gasteiger partial charge < -0.3 is 20.1 Å². The minimum atomic E-state index is -1.08. The van der Waals surface area contributed by atoms with Crippen molar-refractivity contribution in [1.29, 1.82) is 0 Å². The minimum absolute atomic E-state index is 0.0617. The van der Waals surface area contributed by atoms with Crippen LogP contribution in [0.15, 0.2) is 48.5 Å². The number of amides is 2. The Morgan fingerprint density at radius 2 is 1.58 bits per heavy atom. The molecule has 0 spiro atoms. The van der Waals surface area contributed by atoms with Crippen LogP contribution >= 0.6 is 0 Å². The number of aliphatic carboxylic acids is 1. The van der Waals surface area contributed by atoms with Gasteiger partial charge in [-0.25, -0.2) is 9.59 Å². The molecule has 5 rings (SSSR count). The average Bonchev–Trinajstić information content (AvgIpc) is 3.55. The highest BCUT2D eigenvalue weighted by atomic mass is 16.5. The third-order valence-corrected chi connectivity index (χ3v) is 7.35. The smallest absolute Gasteiger partial charge is 0.408 e. The van der Waals surface area contributed by atoms with Crippen LogP contribution in [0.25, 0.3) is 11.1 Å². The monoisotopic (exact) mass is 448 g/mol. The molecule has 0 unspecified atom stereocenters. The molecular formula is C26H28N2O5. The Labute approximate surface area is 192 Å². The number of benzene rings is 2. The number of carboxylic acids is 1. The summed E-state index contributed by atoms with van der Waals surface area (Å²) in [6.45, 7) is 0.579. The van der Waals surface area contributed by atoms with Gasteiger partial charge in [0.05, 0.1) is 0 Å². The number of ether oxygens (including phenoxy) is 1. The van der Waals surface area contributed by atoms with E-state index in [1.54, 1.807) is 0 Å². The van der Waals surface area contributed by atoms with Gasteiger partial charge in [0.2, 0.25) is 5.91 Å². The normalized spacial score (nSPS) is 20.8. The number of hydrogen-bond donors (Lipinski definition) is 2. The van der Waals surface area contributed by atoms with Gasteiger partial charge in [-0.3, -0.25) is 4.79 Å². The summed E-state index contributed by atoms with van der Waals surface area (Å²) >= 11 is 0. The lowest BCUT2D eigenvalue weighted by Gasteiger charge is -2.34. The Morgan fingerprint density at radius 3 is 2.18 bits per heavy atom. The second-order valence-corrected chi connectivity index (χ2v) is 9.23. The number of nitrogens with zero attached hydrogens (tertiary/aromatic N) is 1. The molecule has 2 aromatic rings. The molecule has 2 aliphatic carbocycles. The van der Waals surface area contributed by atoms with Crippen molar-refractivity contribution in [3.05, 3.63) is 59.7 Å². The number of alkyl carbamates (subject to hydrolysis) is 1. The summed E-state index contributed by atoms with van der Waals surface area (Å²) in [4.78, 5) is 39.3. The number of carbonyl (C=O) groups excluding carboxylic acids is 2. The van der Waals surface area contributed by atoms with Crippen molar-refractivity contribution in [2.75, 3.05) is 13.2 Å². The summed E-state index contributed by atoms with van der Waals surface area (Å²) in [5, 5.41) is 12.4. The molecule has 1 atom stereocenters. The maximum Gasteiger partial charge on any atom is 0.408 e. The lowest BCUT2D eigenvalue weighted by atomic mass is 9.95. The van der Waals surface area contributed by atoms with Gasteiger partial charge in [-0.15, -0.1) is 0 Å². The number of rotatable bonds is 5. The summed E-state index contributed by atoms with van der Waals surface area (Å²) in [7, 11) is 0. The third-order valence-electron chi connectivity index (χ3n) is 7.35. The van der Waals surface area contributed by atoms with E-state index < -0.39 is 23.6 Å². The Morgan fingerprint density at radius 1 is 0.970 bits per heavy atom. The van der Waals surface area contributed by atoms with Crippen molar-refractivity contribution < 1.29 is 24.2 Å². The molecular weight excluding hydrogens is 420 g/mol. The summed E-state index contributed by atoms with van der Waals surface area (Å²) < 4.78 is 5.68. The predicted octanol–water partition coefficient (Wildman–Crippen LogP) is 3.91. The molecule has 172 valence electrons. The molecule has 2 N–H and O–H groups in total. The molecule has 1 heterocycles. The predicted molar refractivity (Wildman–Crippen MR) is 122 cm³/mol. The van der Waals surface area contributed by atoms with E-state index in [1.165, 1.54) is 4.90 Å². The van der Waals surface area contributed by atoms with Crippen LogP contribution in [0.1, 0.15) is 55.6 Å². The first-order valence-corrected chi connectivity index (χ1v) is 11.7. The second kappa shape index (κ2) is 8.54. The molecule has 2 aromatic carbocycles. The number of hydrogen-bond acceptors (Lipinski definition) is 4. The zero-order valence-corrected chi connectivity index (χ0v) is 18.5. The van der Waals surface area contributed by atoms with E-state index in [0.29, 0.717) is 32.2 Å². The van der Waals surface area contributed by atoms with Crippen LogP contribution in [0.5, 0.6) is 0 Å². The highest BCUT2D eigenvalue weighted by Gasteiger charge is 2.49. The van der Waals surface area contributed by atoms with Gasteiger partial charge in [0.25, 0.3) is 0 Å². The van der Waals surface area contributed by atoms with Gasteiger partial charge >= 0.3 is 12.1 Å². The molecule has 0 aromatic heterocycles. The molecule has 33 heavy (non-hydrogen) atoms. The second-order valence-electron chi connectivity index (χ2n) is 9.23. The quantitative estimate of drug-likeness (QED) is 0.723. The number of likely N-dealkylation sites (tertiary alicyclic amines) is 1. The average molecular weight is 449 g/mol. The Balaban J connectivity index is 1.30. The van der Waals surface area contributed by atoms with Gasteiger partial charge in [-0.1, -0.05) is 61.4 Å². The third kappa shape index (κ3) is 3.75. The van der Waals surface area contributed by atoms with Crippen molar-refractivity contribution in [1.82, 2.24) is 10.2 Å². The van der Waals surface area contributed by atoms with Crippen molar-refractivity contribution in [2.24, 2.45) is 0 Å². The first-order valence-electron chi connectivity index (χ1n) is 11.7. The summed E-state index contributed by atoms with van der Waals surface area (Å²) in [6.07, 6.45) is 3.09. The van der Waals surface area contributed by atoms with Gasteiger partial charge in [0.1, 0.15) is 18.2 Å². The first kappa shape index (κ1) is 21.5. The van der Waals surface area contributed by atoms with E-state index in [1.807, 2.05) is 24.3 Å². The minimum Gasteiger partial charge on any atom is -0.480 e. The zero-order valence-electron chi connectivity index (χ0n) is 18.5. The van der Waals surface area contributed by atoms with E-state index >= 15 is 0 Å². The van der Waals surface area contributed by atoms with E-state index in [2.05, 4.69) is 29.6 Å². The number of carbonyl (C=O) groups is 3. The number of carboxylic acid groups (broad SMARTS) is 1. The summed E-state index contributed by atoms with van der Waals surface area (Å²) in [5.41, 5.74) is 3.47. The summed E-state index contributed by atoms with van der Waals surface area (Å²) in [6, 6.07) is 15.4. The molecule has 0 radical (unpaired) electrons. The molecule has 0 bridgehead atoms. The molecule has 7 nitrogen and oxygen atoms in total. The van der Waals surface area contributed by atoms with Crippen LogP contribution in [0, 0.1) is 0 Å². The van der Waals surface area contributed by atoms with E-state index in [-0.39, 0.29) is 18.4 Å². The molecule has 1 aliphatic heterocycles. The number of nitrogens with one attached hydrogen (secondary N) is 1. The molecule has 1 saturated carbocycles. The van der Waals surface area contributed by atoms with E-state index in [4.69, 9.17) is 4.74 Å². The van der Waals surface area contributed by atoms with Crippen molar-refractivity contribution in [3.63, 3.8) is 0 Å². The molecule has 2 amide bonds. The number of fused-ring (bicyclic) bond motifs is 3. The van der Waals surface area contributed by atoms with Crippen LogP contribution in [-0.4, -0.2) is 52.7 Å². The largest absolute Gasteiger partial charge is 0.480 e. The molecule has 3 aliphatic rings. The van der Waals surface area contributed by atoms with E-state index in [0.717, 1.165) is 35.1 Å². The highest BCUT2D eigenvalue weighted by Crippen LogP contribution is 2.44. The maximum atomic E-state index is 13.4. The standard InChI is InChI=1S/C26H28N2O5/c29-23(30)22-12-7-15-28(22)24(31)26(13-5-6-14-26)27-25(32)33-16-21-19-10-3-1-8-17(19)18-9-2-4-11-20(18)21/h1-4,8-11,21-22H,5-7,12-16H2,(H,27,32)(H,29,30)/t22-/m1/s1. The van der Waals surface area contributed by atoms with Crippen LogP contribution in [-0.2, 0) is 14.3 Å². The topological polar surface area (TPSA) is 95.9 Å². The Kier molecular flexibility index (Phi) is 5.56. The SMILES string of the molecule is O=C(NC1(C(=O)N2CCC[C@@H]2C(=O)O)CCCC1)OCC1c2ccccc2-c2ccccc21. The Hall–Kier alpha value is -3.35. The molecule has 7 heteroatoms. The zero-order chi connectivity index (χ0) is 23.0. The van der Waals surface area contributed by atoms with Gasteiger partial charge in [-0.05, 0) is 47.9 Å². The molecule has 1 saturated heterocycles. The van der Waals surface area contributed by atoms with Crippen LogP contribution in [0.2, 0.25) is 0 Å². The fourth-order valence-electron chi connectivity index (χ4n) is 5.74. The first-order chi connectivity index (χ1) is 16.0. The van der Waals surface area contributed by atoms with Crippen molar-refractivity contribution >= 4 is 18.0 Å². The summed E-state index contributed by atoms with van der Waals surface area (Å²) in [5.74, 6) is -1.35. The van der Waals surface area contributed by atoms with Crippen LogP contribution in [0.3, 0.4) is 0 Å². The Bertz CT molecular complexity index is 1050. The van der Waals surface area contributed by atoms with E-state index in [9.17, 15) is 19.5 Å². The van der Waals surface area contributed by atoms with Crippen molar-refractivity contribution in [3.8, 4) is 11.1 Å². The van der Waals surface area contributed by atoms with Crippen LogP contribution < -0.4 is 5.32 Å². The highest BCUT2D eigenvalue weighted by molar-refractivity contribution is 5.93. The van der Waals surface area contributed by atoms with Gasteiger partial charge in [-0.2, -0.15) is 0 Å². The van der Waals surface area contributed by atoms with Gasteiger partial charge in [0.15, 0.2) is 0 Å². The fraction of sp³-hybridized carbons (Fsp3) is 0.423. The van der Waals surface area contributed by atoms with Crippen LogP contribution in [0.4, 0.5) is 4.79 Å². The van der Waals surface area contributed by atoms with Gasteiger partial charge in [0, 0.05) is 12.5 Å². The fourth-order valence-corrected chi connectivity index (χ4v) is 5.74. The lowest BCUT2D eigenvalue weighted by Crippen LogP contribution is -2.60. The van der Waals surface area contributed by atoms with Crippen molar-refractivity contribution in [2.45, 2.75) is 56.0 Å². The maximum absolute atomic E-state index is 13.4. The molecule has 2 fully saturated rings.